The lowest BCUT2D eigenvalue weighted by atomic mass is 10.1. The molecule has 1 N–H and O–H groups in total. The third-order valence-corrected chi connectivity index (χ3v) is 3.18. The Labute approximate surface area is 113 Å². The van der Waals surface area contributed by atoms with Crippen molar-refractivity contribution in [3.8, 4) is 0 Å². The third kappa shape index (κ3) is 3.00. The van der Waals surface area contributed by atoms with Gasteiger partial charge in [0.1, 0.15) is 5.82 Å². The molecule has 100 valence electrons. The molecule has 18 heavy (non-hydrogen) atoms. The van der Waals surface area contributed by atoms with E-state index in [9.17, 15) is 9.18 Å². The van der Waals surface area contributed by atoms with E-state index in [2.05, 4.69) is 5.32 Å². The summed E-state index contributed by atoms with van der Waals surface area (Å²) >= 11 is 0. The van der Waals surface area contributed by atoms with Crippen molar-refractivity contribution in [1.29, 1.82) is 0 Å². The van der Waals surface area contributed by atoms with Gasteiger partial charge in [-0.05, 0) is 37.6 Å². The number of benzene rings is 1. The molecule has 0 aromatic heterocycles. The van der Waals surface area contributed by atoms with Gasteiger partial charge in [-0.15, -0.1) is 12.4 Å². The number of piperazine rings is 1. The maximum absolute atomic E-state index is 13.0. The summed E-state index contributed by atoms with van der Waals surface area (Å²) in [5, 5.41) is 3.24. The highest BCUT2D eigenvalue weighted by molar-refractivity contribution is 5.95. The fourth-order valence-electron chi connectivity index (χ4n) is 2.16. The molecule has 1 aliphatic heterocycles. The average Bonchev–Trinajstić information content (AvgIpc) is 2.29. The molecule has 1 aromatic rings. The van der Waals surface area contributed by atoms with Gasteiger partial charge in [0.2, 0.25) is 0 Å². The van der Waals surface area contributed by atoms with Crippen molar-refractivity contribution in [1.82, 2.24) is 10.2 Å². The number of carbonyl (C=O) groups is 1. The fraction of sp³-hybridized carbons (Fsp3) is 0.462. The number of rotatable bonds is 1. The van der Waals surface area contributed by atoms with Crippen molar-refractivity contribution in [2.75, 3.05) is 19.6 Å². The number of amides is 1. The largest absolute Gasteiger partial charge is 0.333 e. The van der Waals surface area contributed by atoms with Crippen molar-refractivity contribution < 1.29 is 9.18 Å². The average molecular weight is 273 g/mol. The minimum Gasteiger partial charge on any atom is -0.333 e. The smallest absolute Gasteiger partial charge is 0.254 e. The van der Waals surface area contributed by atoms with Gasteiger partial charge in [0.05, 0.1) is 0 Å². The van der Waals surface area contributed by atoms with Gasteiger partial charge in [-0.3, -0.25) is 4.79 Å². The quantitative estimate of drug-likeness (QED) is 0.848. The SMILES string of the molecule is Cc1cc(F)ccc1C(=O)N1CCNC[C@@H]1C.Cl. The van der Waals surface area contributed by atoms with E-state index in [0.29, 0.717) is 17.7 Å². The molecule has 0 bridgehead atoms. The van der Waals surface area contributed by atoms with Crippen LogP contribution in [0, 0.1) is 12.7 Å². The first-order valence-corrected chi connectivity index (χ1v) is 5.87. The van der Waals surface area contributed by atoms with Gasteiger partial charge in [-0.2, -0.15) is 0 Å². The lowest BCUT2D eigenvalue weighted by Gasteiger charge is -2.34. The van der Waals surface area contributed by atoms with Crippen molar-refractivity contribution in [2.24, 2.45) is 0 Å². The molecule has 1 saturated heterocycles. The van der Waals surface area contributed by atoms with Gasteiger partial charge in [0.25, 0.3) is 5.91 Å². The Bertz CT molecular complexity index is 439. The lowest BCUT2D eigenvalue weighted by Crippen LogP contribution is -2.52. The zero-order valence-electron chi connectivity index (χ0n) is 10.6. The van der Waals surface area contributed by atoms with E-state index in [4.69, 9.17) is 0 Å². The number of hydrogen-bond acceptors (Lipinski definition) is 2. The highest BCUT2D eigenvalue weighted by atomic mass is 35.5. The van der Waals surface area contributed by atoms with Gasteiger partial charge in [0, 0.05) is 31.2 Å². The van der Waals surface area contributed by atoms with E-state index in [-0.39, 0.29) is 30.2 Å². The van der Waals surface area contributed by atoms with Crippen LogP contribution in [0.3, 0.4) is 0 Å². The van der Waals surface area contributed by atoms with E-state index in [1.165, 1.54) is 12.1 Å². The standard InChI is InChI=1S/C13H17FN2O.ClH/c1-9-7-11(14)3-4-12(9)13(17)16-6-5-15-8-10(16)2;/h3-4,7,10,15H,5-6,8H2,1-2H3;1H/t10-;/m0./s1. The Morgan fingerprint density at radius 2 is 2.22 bits per heavy atom. The van der Waals surface area contributed by atoms with E-state index >= 15 is 0 Å². The van der Waals surface area contributed by atoms with E-state index in [1.807, 2.05) is 11.8 Å². The Morgan fingerprint density at radius 1 is 1.50 bits per heavy atom. The third-order valence-electron chi connectivity index (χ3n) is 3.18. The Hall–Kier alpha value is -1.13. The summed E-state index contributed by atoms with van der Waals surface area (Å²) in [4.78, 5) is 14.2. The van der Waals surface area contributed by atoms with Gasteiger partial charge >= 0.3 is 0 Å². The maximum Gasteiger partial charge on any atom is 0.254 e. The molecule has 0 saturated carbocycles. The number of carbonyl (C=O) groups excluding carboxylic acids is 1. The molecule has 0 radical (unpaired) electrons. The van der Waals surface area contributed by atoms with Crippen LogP contribution in [0.2, 0.25) is 0 Å². The van der Waals surface area contributed by atoms with Crippen LogP contribution in [0.25, 0.3) is 0 Å². The summed E-state index contributed by atoms with van der Waals surface area (Å²) in [6.45, 7) is 6.12. The fourth-order valence-corrected chi connectivity index (χ4v) is 2.16. The molecule has 1 aliphatic rings. The van der Waals surface area contributed by atoms with Crippen LogP contribution in [-0.4, -0.2) is 36.5 Å². The lowest BCUT2D eigenvalue weighted by molar-refractivity contribution is 0.0655. The minimum absolute atomic E-state index is 0. The number of hydrogen-bond donors (Lipinski definition) is 1. The van der Waals surface area contributed by atoms with Gasteiger partial charge in [-0.1, -0.05) is 0 Å². The zero-order valence-corrected chi connectivity index (χ0v) is 11.4. The van der Waals surface area contributed by atoms with E-state index in [0.717, 1.165) is 13.1 Å². The Balaban J connectivity index is 0.00000162. The van der Waals surface area contributed by atoms with Gasteiger partial charge < -0.3 is 10.2 Å². The second-order valence-electron chi connectivity index (χ2n) is 4.51. The first-order chi connectivity index (χ1) is 8.09. The van der Waals surface area contributed by atoms with Crippen LogP contribution >= 0.6 is 12.4 Å². The van der Waals surface area contributed by atoms with Crippen molar-refractivity contribution in [3.05, 3.63) is 35.1 Å². The van der Waals surface area contributed by atoms with Crippen LogP contribution in [0.1, 0.15) is 22.8 Å². The topological polar surface area (TPSA) is 32.3 Å². The van der Waals surface area contributed by atoms with Crippen molar-refractivity contribution in [2.45, 2.75) is 19.9 Å². The molecule has 1 aromatic carbocycles. The Kier molecular flexibility index (Phi) is 5.11. The summed E-state index contributed by atoms with van der Waals surface area (Å²) in [5.41, 5.74) is 1.29. The summed E-state index contributed by atoms with van der Waals surface area (Å²) in [6.07, 6.45) is 0. The van der Waals surface area contributed by atoms with E-state index in [1.54, 1.807) is 13.0 Å². The zero-order chi connectivity index (χ0) is 12.4. The molecule has 1 heterocycles. The van der Waals surface area contributed by atoms with Crippen LogP contribution in [0.15, 0.2) is 18.2 Å². The first kappa shape index (κ1) is 14.9. The van der Waals surface area contributed by atoms with E-state index < -0.39 is 0 Å². The molecular formula is C13H18ClFN2O. The molecule has 3 nitrogen and oxygen atoms in total. The van der Waals surface area contributed by atoms with Crippen LogP contribution in [0.5, 0.6) is 0 Å². The molecule has 1 amide bonds. The normalized spacial score (nSPS) is 19.3. The number of aryl methyl sites for hydroxylation is 1. The van der Waals surface area contributed by atoms with Gasteiger partial charge in [-0.25, -0.2) is 4.39 Å². The summed E-state index contributed by atoms with van der Waals surface area (Å²) in [6, 6.07) is 4.50. The molecule has 5 heteroatoms. The summed E-state index contributed by atoms with van der Waals surface area (Å²) < 4.78 is 13.0. The maximum atomic E-state index is 13.0. The summed E-state index contributed by atoms with van der Waals surface area (Å²) in [5.74, 6) is -0.302. The second-order valence-corrected chi connectivity index (χ2v) is 4.51. The number of nitrogens with zero attached hydrogens (tertiary/aromatic N) is 1. The van der Waals surface area contributed by atoms with Crippen molar-refractivity contribution >= 4 is 18.3 Å². The molecule has 0 unspecified atom stereocenters. The monoisotopic (exact) mass is 272 g/mol. The van der Waals surface area contributed by atoms with Crippen LogP contribution < -0.4 is 5.32 Å². The molecule has 1 atom stereocenters. The Morgan fingerprint density at radius 3 is 2.83 bits per heavy atom. The highest BCUT2D eigenvalue weighted by Crippen LogP contribution is 2.15. The minimum atomic E-state index is -0.299. The molecular weight excluding hydrogens is 255 g/mol. The second kappa shape index (κ2) is 6.16. The number of nitrogens with one attached hydrogen (secondary N) is 1. The molecule has 0 aliphatic carbocycles. The predicted octanol–water partition coefficient (Wildman–Crippen LogP) is 1.99. The predicted molar refractivity (Wildman–Crippen MR) is 71.8 cm³/mol. The molecule has 1 fully saturated rings. The summed E-state index contributed by atoms with van der Waals surface area (Å²) in [7, 11) is 0. The van der Waals surface area contributed by atoms with Gasteiger partial charge in [0.15, 0.2) is 0 Å². The highest BCUT2D eigenvalue weighted by Gasteiger charge is 2.24. The number of halogens is 2. The molecule has 2 rings (SSSR count). The molecule has 0 spiro atoms. The first-order valence-electron chi connectivity index (χ1n) is 5.87. The van der Waals surface area contributed by atoms with Crippen molar-refractivity contribution in [3.63, 3.8) is 0 Å². The van der Waals surface area contributed by atoms with Crippen LogP contribution in [0.4, 0.5) is 4.39 Å². The van der Waals surface area contributed by atoms with Crippen LogP contribution in [-0.2, 0) is 0 Å².